The molecule has 0 radical (unpaired) electrons. The third-order valence-corrected chi connectivity index (χ3v) is 4.67. The van der Waals surface area contributed by atoms with Crippen molar-refractivity contribution in [3.05, 3.63) is 68.8 Å². The Labute approximate surface area is 146 Å². The first kappa shape index (κ1) is 16.1. The SMILES string of the molecule is O=C1NC(=Nc2cccc(Cl)c2Cl)S/C1=C\c1cccc(F)c1. The molecule has 1 amide bonds. The standard InChI is InChI=1S/C16H9Cl2FN2OS/c17-11-5-2-6-12(14(11)18)20-16-21-15(22)13(23-16)8-9-3-1-4-10(19)7-9/h1-8H,(H,20,21,22)/b13-8-. The van der Waals surface area contributed by atoms with Gasteiger partial charge in [0.2, 0.25) is 0 Å². The summed E-state index contributed by atoms with van der Waals surface area (Å²) in [6.07, 6.45) is 1.60. The average Bonchev–Trinajstić information content (AvgIpc) is 2.84. The van der Waals surface area contributed by atoms with Crippen molar-refractivity contribution < 1.29 is 9.18 Å². The van der Waals surface area contributed by atoms with Crippen molar-refractivity contribution in [1.82, 2.24) is 5.32 Å². The van der Waals surface area contributed by atoms with Gasteiger partial charge >= 0.3 is 0 Å². The number of amidine groups is 1. The van der Waals surface area contributed by atoms with Crippen LogP contribution in [0.1, 0.15) is 5.56 Å². The van der Waals surface area contributed by atoms with Gasteiger partial charge in [0.15, 0.2) is 5.17 Å². The molecule has 0 spiro atoms. The van der Waals surface area contributed by atoms with E-state index in [0.717, 1.165) is 11.8 Å². The van der Waals surface area contributed by atoms with Crippen LogP contribution in [0.2, 0.25) is 10.0 Å². The van der Waals surface area contributed by atoms with Gasteiger partial charge in [-0.05, 0) is 47.7 Å². The highest BCUT2D eigenvalue weighted by molar-refractivity contribution is 8.18. The van der Waals surface area contributed by atoms with Crippen LogP contribution >= 0.6 is 35.0 Å². The van der Waals surface area contributed by atoms with Crippen LogP contribution in [0, 0.1) is 5.82 Å². The quantitative estimate of drug-likeness (QED) is 0.757. The van der Waals surface area contributed by atoms with E-state index in [1.165, 1.54) is 12.1 Å². The van der Waals surface area contributed by atoms with Crippen LogP contribution < -0.4 is 5.32 Å². The molecule has 1 saturated heterocycles. The molecule has 2 aromatic rings. The summed E-state index contributed by atoms with van der Waals surface area (Å²) in [5.41, 5.74) is 1.07. The zero-order valence-corrected chi connectivity index (χ0v) is 13.8. The van der Waals surface area contributed by atoms with Crippen molar-refractivity contribution in [2.45, 2.75) is 0 Å². The van der Waals surface area contributed by atoms with E-state index >= 15 is 0 Å². The highest BCUT2D eigenvalue weighted by Gasteiger charge is 2.24. The van der Waals surface area contributed by atoms with Gasteiger partial charge in [0.05, 0.1) is 20.6 Å². The molecule has 3 rings (SSSR count). The van der Waals surface area contributed by atoms with E-state index in [9.17, 15) is 9.18 Å². The third kappa shape index (κ3) is 3.75. The average molecular weight is 367 g/mol. The number of nitrogens with one attached hydrogen (secondary N) is 1. The van der Waals surface area contributed by atoms with Gasteiger partial charge in [-0.2, -0.15) is 0 Å². The molecular formula is C16H9Cl2FN2OS. The molecular weight excluding hydrogens is 358 g/mol. The van der Waals surface area contributed by atoms with Crippen molar-refractivity contribution in [3.63, 3.8) is 0 Å². The number of amides is 1. The number of halogens is 3. The lowest BCUT2D eigenvalue weighted by molar-refractivity contribution is -0.115. The number of hydrogen-bond donors (Lipinski definition) is 1. The summed E-state index contributed by atoms with van der Waals surface area (Å²) >= 11 is 13.2. The number of carbonyl (C=O) groups is 1. The summed E-state index contributed by atoms with van der Waals surface area (Å²) in [5, 5.41) is 3.74. The predicted molar refractivity (Wildman–Crippen MR) is 93.7 cm³/mol. The highest BCUT2D eigenvalue weighted by Crippen LogP contribution is 2.34. The number of rotatable bonds is 2. The molecule has 1 aliphatic heterocycles. The summed E-state index contributed by atoms with van der Waals surface area (Å²) in [6.45, 7) is 0. The van der Waals surface area contributed by atoms with Gasteiger partial charge in [-0.3, -0.25) is 4.79 Å². The molecule has 1 N–H and O–H groups in total. The van der Waals surface area contributed by atoms with E-state index in [4.69, 9.17) is 23.2 Å². The molecule has 116 valence electrons. The zero-order valence-electron chi connectivity index (χ0n) is 11.5. The largest absolute Gasteiger partial charge is 0.300 e. The fourth-order valence-corrected chi connectivity index (χ4v) is 3.09. The number of benzene rings is 2. The number of nitrogens with zero attached hydrogens (tertiary/aromatic N) is 1. The molecule has 23 heavy (non-hydrogen) atoms. The second-order valence-electron chi connectivity index (χ2n) is 4.61. The molecule has 0 aliphatic carbocycles. The van der Waals surface area contributed by atoms with Crippen LogP contribution in [0.25, 0.3) is 6.08 Å². The van der Waals surface area contributed by atoms with Crippen LogP contribution in [-0.4, -0.2) is 11.1 Å². The molecule has 1 heterocycles. The monoisotopic (exact) mass is 366 g/mol. The van der Waals surface area contributed by atoms with Gasteiger partial charge in [0.1, 0.15) is 5.82 Å². The van der Waals surface area contributed by atoms with Gasteiger partial charge < -0.3 is 5.32 Å². The molecule has 0 atom stereocenters. The first-order valence-electron chi connectivity index (χ1n) is 6.52. The normalized spacial score (nSPS) is 17.8. The maximum absolute atomic E-state index is 13.2. The van der Waals surface area contributed by atoms with Crippen LogP contribution in [0.3, 0.4) is 0 Å². The summed E-state index contributed by atoms with van der Waals surface area (Å²) in [7, 11) is 0. The lowest BCUT2D eigenvalue weighted by Crippen LogP contribution is -2.19. The molecule has 0 saturated carbocycles. The first-order chi connectivity index (χ1) is 11.0. The molecule has 1 fully saturated rings. The van der Waals surface area contributed by atoms with Crippen molar-refractivity contribution in [1.29, 1.82) is 0 Å². The molecule has 2 aromatic carbocycles. The van der Waals surface area contributed by atoms with Gasteiger partial charge in [-0.25, -0.2) is 9.38 Å². The smallest absolute Gasteiger partial charge is 0.264 e. The van der Waals surface area contributed by atoms with E-state index < -0.39 is 0 Å². The summed E-state index contributed by atoms with van der Waals surface area (Å²) < 4.78 is 13.2. The maximum atomic E-state index is 13.2. The van der Waals surface area contributed by atoms with E-state index in [1.807, 2.05) is 0 Å². The molecule has 0 aromatic heterocycles. The van der Waals surface area contributed by atoms with Gasteiger partial charge in [-0.15, -0.1) is 0 Å². The first-order valence-corrected chi connectivity index (χ1v) is 8.09. The van der Waals surface area contributed by atoms with Crippen molar-refractivity contribution in [2.24, 2.45) is 4.99 Å². The molecule has 3 nitrogen and oxygen atoms in total. The lowest BCUT2D eigenvalue weighted by atomic mass is 10.2. The highest BCUT2D eigenvalue weighted by atomic mass is 35.5. The van der Waals surface area contributed by atoms with Gasteiger partial charge in [0.25, 0.3) is 5.91 Å². The lowest BCUT2D eigenvalue weighted by Gasteiger charge is -2.00. The summed E-state index contributed by atoms with van der Waals surface area (Å²) in [4.78, 5) is 16.7. The van der Waals surface area contributed by atoms with Crippen LogP contribution in [-0.2, 0) is 4.79 Å². The second kappa shape index (κ2) is 6.74. The molecule has 1 aliphatic rings. The minimum absolute atomic E-state index is 0.295. The minimum atomic E-state index is -0.359. The summed E-state index contributed by atoms with van der Waals surface area (Å²) in [6, 6.07) is 11.1. The number of hydrogen-bond acceptors (Lipinski definition) is 3. The van der Waals surface area contributed by atoms with Gasteiger partial charge in [0, 0.05) is 0 Å². The van der Waals surface area contributed by atoms with E-state index in [0.29, 0.717) is 31.4 Å². The van der Waals surface area contributed by atoms with E-state index in [1.54, 1.807) is 36.4 Å². The van der Waals surface area contributed by atoms with Crippen LogP contribution in [0.5, 0.6) is 0 Å². The molecule has 0 unspecified atom stereocenters. The Morgan fingerprint density at radius 3 is 2.74 bits per heavy atom. The number of aliphatic imine (C=N–C) groups is 1. The van der Waals surface area contributed by atoms with E-state index in [2.05, 4.69) is 10.3 Å². The molecule has 0 bridgehead atoms. The van der Waals surface area contributed by atoms with Crippen LogP contribution in [0.4, 0.5) is 10.1 Å². The Morgan fingerprint density at radius 1 is 1.17 bits per heavy atom. The fourth-order valence-electron chi connectivity index (χ4n) is 1.92. The number of thioether (sulfide) groups is 1. The number of carbonyl (C=O) groups excluding carboxylic acids is 1. The van der Waals surface area contributed by atoms with Crippen molar-refractivity contribution in [3.8, 4) is 0 Å². The van der Waals surface area contributed by atoms with Crippen molar-refractivity contribution >= 4 is 57.8 Å². The topological polar surface area (TPSA) is 41.5 Å². The third-order valence-electron chi connectivity index (χ3n) is 2.95. The predicted octanol–water partition coefficient (Wildman–Crippen LogP) is 5.02. The second-order valence-corrected chi connectivity index (χ2v) is 6.43. The fraction of sp³-hybridized carbons (Fsp3) is 0. The minimum Gasteiger partial charge on any atom is -0.300 e. The Morgan fingerprint density at radius 2 is 1.96 bits per heavy atom. The van der Waals surface area contributed by atoms with Crippen molar-refractivity contribution in [2.75, 3.05) is 0 Å². The summed E-state index contributed by atoms with van der Waals surface area (Å²) in [5.74, 6) is -0.654. The Hall–Kier alpha value is -1.82. The maximum Gasteiger partial charge on any atom is 0.264 e. The van der Waals surface area contributed by atoms with Crippen LogP contribution in [0.15, 0.2) is 52.4 Å². The zero-order chi connectivity index (χ0) is 16.4. The van der Waals surface area contributed by atoms with Gasteiger partial charge in [-0.1, -0.05) is 41.4 Å². The Balaban J connectivity index is 1.88. The van der Waals surface area contributed by atoms with E-state index in [-0.39, 0.29) is 11.7 Å². The Bertz CT molecular complexity index is 852. The molecule has 7 heteroatoms. The Kier molecular flexibility index (Phi) is 4.71.